The second-order valence-corrected chi connectivity index (χ2v) is 4.23. The molecule has 0 radical (unpaired) electrons. The standard InChI is InChI=1S/C13H13N5O/c1-18(2)9-5-3-8(4-6-9)11-10(7-14)12(19)17-13(15)16-11/h3-6H,1-2H3,(H3,15,16,17,19). The third-order valence-corrected chi connectivity index (χ3v) is 2.71. The van der Waals surface area contributed by atoms with Crippen LogP contribution in [0.4, 0.5) is 11.6 Å². The molecule has 0 atom stereocenters. The summed E-state index contributed by atoms with van der Waals surface area (Å²) in [5.41, 5.74) is 6.95. The van der Waals surface area contributed by atoms with E-state index in [1.807, 2.05) is 37.2 Å². The Labute approximate surface area is 110 Å². The highest BCUT2D eigenvalue weighted by molar-refractivity contribution is 5.68. The van der Waals surface area contributed by atoms with Gasteiger partial charge in [-0.1, -0.05) is 12.1 Å². The number of H-pyrrole nitrogens is 1. The SMILES string of the molecule is CN(C)c1ccc(-c2nc(N)[nH]c(=O)c2C#N)cc1. The maximum Gasteiger partial charge on any atom is 0.270 e. The van der Waals surface area contributed by atoms with Crippen molar-refractivity contribution in [3.63, 3.8) is 0 Å². The third kappa shape index (κ3) is 2.40. The zero-order valence-corrected chi connectivity index (χ0v) is 10.6. The summed E-state index contributed by atoms with van der Waals surface area (Å²) >= 11 is 0. The molecule has 0 fully saturated rings. The summed E-state index contributed by atoms with van der Waals surface area (Å²) in [5.74, 6) is -0.00399. The molecule has 0 spiro atoms. The van der Waals surface area contributed by atoms with Crippen LogP contribution in [-0.4, -0.2) is 24.1 Å². The third-order valence-electron chi connectivity index (χ3n) is 2.71. The summed E-state index contributed by atoms with van der Waals surface area (Å²) in [6.07, 6.45) is 0. The van der Waals surface area contributed by atoms with Crippen LogP contribution in [0.1, 0.15) is 5.56 Å². The van der Waals surface area contributed by atoms with E-state index < -0.39 is 5.56 Å². The van der Waals surface area contributed by atoms with Crippen molar-refractivity contribution in [3.8, 4) is 17.3 Å². The number of hydrogen-bond acceptors (Lipinski definition) is 5. The average molecular weight is 255 g/mol. The Kier molecular flexibility index (Phi) is 3.21. The van der Waals surface area contributed by atoms with Crippen LogP contribution in [0, 0.1) is 11.3 Å². The first-order valence-electron chi connectivity index (χ1n) is 5.60. The Hall–Kier alpha value is -2.81. The first kappa shape index (κ1) is 12.6. The van der Waals surface area contributed by atoms with E-state index in [9.17, 15) is 4.79 Å². The van der Waals surface area contributed by atoms with E-state index in [1.165, 1.54) is 0 Å². The number of rotatable bonds is 2. The van der Waals surface area contributed by atoms with Crippen molar-refractivity contribution in [2.75, 3.05) is 24.7 Å². The quantitative estimate of drug-likeness (QED) is 0.832. The molecule has 1 aromatic heterocycles. The van der Waals surface area contributed by atoms with Crippen LogP contribution in [0.3, 0.4) is 0 Å². The summed E-state index contributed by atoms with van der Waals surface area (Å²) in [7, 11) is 3.86. The van der Waals surface area contributed by atoms with Gasteiger partial charge in [0.1, 0.15) is 11.6 Å². The van der Waals surface area contributed by atoms with Gasteiger partial charge in [0.2, 0.25) is 5.95 Å². The lowest BCUT2D eigenvalue weighted by molar-refractivity contribution is 1.12. The molecule has 0 amide bonds. The van der Waals surface area contributed by atoms with Gasteiger partial charge in [0.25, 0.3) is 5.56 Å². The van der Waals surface area contributed by atoms with Gasteiger partial charge in [-0.3, -0.25) is 9.78 Å². The number of anilines is 2. The molecule has 3 N–H and O–H groups in total. The lowest BCUT2D eigenvalue weighted by Crippen LogP contribution is -2.16. The fourth-order valence-corrected chi connectivity index (χ4v) is 1.72. The number of nitriles is 1. The molecule has 1 heterocycles. The molecule has 2 rings (SSSR count). The number of nitrogen functional groups attached to an aromatic ring is 1. The van der Waals surface area contributed by atoms with E-state index in [4.69, 9.17) is 11.0 Å². The topological polar surface area (TPSA) is 98.8 Å². The van der Waals surface area contributed by atoms with Gasteiger partial charge < -0.3 is 10.6 Å². The molecule has 0 unspecified atom stereocenters. The molecule has 0 saturated heterocycles. The molecule has 0 saturated carbocycles. The maximum atomic E-state index is 11.6. The molecule has 96 valence electrons. The van der Waals surface area contributed by atoms with Crippen molar-refractivity contribution in [3.05, 3.63) is 40.2 Å². The highest BCUT2D eigenvalue weighted by Crippen LogP contribution is 2.22. The Bertz CT molecular complexity index is 694. The number of aromatic nitrogens is 2. The van der Waals surface area contributed by atoms with E-state index in [0.717, 1.165) is 5.69 Å². The minimum absolute atomic E-state index is 0.00399. The van der Waals surface area contributed by atoms with Gasteiger partial charge >= 0.3 is 0 Å². The van der Waals surface area contributed by atoms with Crippen molar-refractivity contribution < 1.29 is 0 Å². The normalized spacial score (nSPS) is 9.95. The lowest BCUT2D eigenvalue weighted by Gasteiger charge is -2.12. The Morgan fingerprint density at radius 2 is 1.95 bits per heavy atom. The minimum Gasteiger partial charge on any atom is -0.378 e. The number of hydrogen-bond donors (Lipinski definition) is 2. The predicted octanol–water partition coefficient (Wildman–Crippen LogP) is 0.957. The Morgan fingerprint density at radius 3 is 2.47 bits per heavy atom. The Balaban J connectivity index is 2.59. The lowest BCUT2D eigenvalue weighted by atomic mass is 10.1. The van der Waals surface area contributed by atoms with E-state index in [1.54, 1.807) is 12.1 Å². The van der Waals surface area contributed by atoms with E-state index in [2.05, 4.69) is 9.97 Å². The van der Waals surface area contributed by atoms with Gasteiger partial charge in [-0.25, -0.2) is 4.98 Å². The van der Waals surface area contributed by atoms with Gasteiger partial charge in [-0.2, -0.15) is 5.26 Å². The van der Waals surface area contributed by atoms with Crippen LogP contribution in [-0.2, 0) is 0 Å². The first-order valence-corrected chi connectivity index (χ1v) is 5.60. The van der Waals surface area contributed by atoms with Crippen molar-refractivity contribution in [2.24, 2.45) is 0 Å². The van der Waals surface area contributed by atoms with Crippen LogP contribution in [0.2, 0.25) is 0 Å². The maximum absolute atomic E-state index is 11.6. The van der Waals surface area contributed by atoms with Crippen LogP contribution in [0.15, 0.2) is 29.1 Å². The zero-order chi connectivity index (χ0) is 14.0. The fourth-order valence-electron chi connectivity index (χ4n) is 1.72. The first-order chi connectivity index (χ1) is 9.02. The molecule has 2 aromatic rings. The van der Waals surface area contributed by atoms with Crippen LogP contribution >= 0.6 is 0 Å². The van der Waals surface area contributed by atoms with Crippen molar-refractivity contribution >= 4 is 11.6 Å². The molecule has 0 aliphatic heterocycles. The summed E-state index contributed by atoms with van der Waals surface area (Å²) < 4.78 is 0. The molecular formula is C13H13N5O. The number of nitrogens with zero attached hydrogens (tertiary/aromatic N) is 3. The second kappa shape index (κ2) is 4.82. The predicted molar refractivity (Wildman–Crippen MR) is 73.7 cm³/mol. The summed E-state index contributed by atoms with van der Waals surface area (Å²) in [5, 5.41) is 9.04. The summed E-state index contributed by atoms with van der Waals surface area (Å²) in [6.45, 7) is 0. The number of nitrogens with one attached hydrogen (secondary N) is 1. The molecule has 6 heteroatoms. The smallest absolute Gasteiger partial charge is 0.270 e. The number of nitrogens with two attached hydrogens (primary N) is 1. The van der Waals surface area contributed by atoms with Gasteiger partial charge in [0.15, 0.2) is 0 Å². The number of aromatic amines is 1. The molecular weight excluding hydrogens is 242 g/mol. The molecule has 6 nitrogen and oxygen atoms in total. The monoisotopic (exact) mass is 255 g/mol. The zero-order valence-electron chi connectivity index (χ0n) is 10.6. The van der Waals surface area contributed by atoms with Gasteiger partial charge in [0.05, 0.1) is 5.69 Å². The summed E-state index contributed by atoms with van der Waals surface area (Å²) in [4.78, 5) is 19.9. The molecule has 1 aromatic carbocycles. The Morgan fingerprint density at radius 1 is 1.32 bits per heavy atom. The largest absolute Gasteiger partial charge is 0.378 e. The highest BCUT2D eigenvalue weighted by atomic mass is 16.1. The average Bonchev–Trinajstić information content (AvgIpc) is 2.38. The van der Waals surface area contributed by atoms with Crippen LogP contribution < -0.4 is 16.2 Å². The van der Waals surface area contributed by atoms with E-state index in [-0.39, 0.29) is 11.5 Å². The van der Waals surface area contributed by atoms with Crippen molar-refractivity contribution in [1.29, 1.82) is 5.26 Å². The fraction of sp³-hybridized carbons (Fsp3) is 0.154. The molecule has 0 aliphatic rings. The molecule has 0 bridgehead atoms. The van der Waals surface area contributed by atoms with Gasteiger partial charge in [-0.15, -0.1) is 0 Å². The van der Waals surface area contributed by atoms with E-state index >= 15 is 0 Å². The molecule has 0 aliphatic carbocycles. The molecule has 19 heavy (non-hydrogen) atoms. The van der Waals surface area contributed by atoms with Crippen molar-refractivity contribution in [2.45, 2.75) is 0 Å². The second-order valence-electron chi connectivity index (χ2n) is 4.23. The summed E-state index contributed by atoms with van der Waals surface area (Å²) in [6, 6.07) is 9.23. The van der Waals surface area contributed by atoms with Gasteiger partial charge in [-0.05, 0) is 12.1 Å². The minimum atomic E-state index is -0.526. The number of benzene rings is 1. The van der Waals surface area contributed by atoms with Crippen molar-refractivity contribution in [1.82, 2.24) is 9.97 Å². The highest BCUT2D eigenvalue weighted by Gasteiger charge is 2.12. The van der Waals surface area contributed by atoms with Gasteiger partial charge in [0, 0.05) is 25.3 Å². The van der Waals surface area contributed by atoms with E-state index in [0.29, 0.717) is 11.3 Å². The van der Waals surface area contributed by atoms with Crippen LogP contribution in [0.5, 0.6) is 0 Å². The van der Waals surface area contributed by atoms with Crippen LogP contribution in [0.25, 0.3) is 11.3 Å².